The molecule has 1 atom stereocenters. The minimum Gasteiger partial charge on any atom is -0.497 e. The molecule has 0 fully saturated rings. The SMILES string of the molecule is COc1cccc(CN(C(=O)CN(c2cccc(Cl)c2C)S(=O)(=O)c2ccccc2)[C@H](C)C(=O)NC(C)(C)C)c1. The summed E-state index contributed by atoms with van der Waals surface area (Å²) in [7, 11) is -2.63. The first-order chi connectivity index (χ1) is 18.7. The Morgan fingerprint density at radius 2 is 1.65 bits per heavy atom. The van der Waals surface area contributed by atoms with E-state index in [2.05, 4.69) is 5.32 Å². The molecule has 0 heterocycles. The van der Waals surface area contributed by atoms with Crippen LogP contribution < -0.4 is 14.4 Å². The Bertz CT molecular complexity index is 1460. The zero-order valence-corrected chi connectivity index (χ0v) is 25.2. The van der Waals surface area contributed by atoms with Gasteiger partial charge in [0, 0.05) is 17.1 Å². The van der Waals surface area contributed by atoms with Gasteiger partial charge in [0.15, 0.2) is 0 Å². The summed E-state index contributed by atoms with van der Waals surface area (Å²) in [6, 6.07) is 19.0. The van der Waals surface area contributed by atoms with Crippen LogP contribution in [0.25, 0.3) is 0 Å². The number of hydrogen-bond donors (Lipinski definition) is 1. The third-order valence-electron chi connectivity index (χ3n) is 6.27. The van der Waals surface area contributed by atoms with Crippen molar-refractivity contribution in [2.45, 2.75) is 57.6 Å². The van der Waals surface area contributed by atoms with Gasteiger partial charge in [0.25, 0.3) is 10.0 Å². The van der Waals surface area contributed by atoms with Crippen LogP contribution in [0.4, 0.5) is 5.69 Å². The number of ether oxygens (including phenoxy) is 1. The predicted molar refractivity (Wildman–Crippen MR) is 158 cm³/mol. The molecular formula is C30H36ClN3O5S. The van der Waals surface area contributed by atoms with E-state index in [4.69, 9.17) is 16.3 Å². The summed E-state index contributed by atoms with van der Waals surface area (Å²) in [5, 5.41) is 3.28. The predicted octanol–water partition coefficient (Wildman–Crippen LogP) is 5.18. The lowest BCUT2D eigenvalue weighted by Gasteiger charge is -2.34. The molecule has 3 aromatic carbocycles. The number of carbonyl (C=O) groups is 2. The van der Waals surface area contributed by atoms with Gasteiger partial charge in [-0.15, -0.1) is 0 Å². The van der Waals surface area contributed by atoms with Crippen molar-refractivity contribution in [3.63, 3.8) is 0 Å². The van der Waals surface area contributed by atoms with Gasteiger partial charge in [-0.3, -0.25) is 13.9 Å². The van der Waals surface area contributed by atoms with Crippen LogP contribution in [0.3, 0.4) is 0 Å². The maximum Gasteiger partial charge on any atom is 0.264 e. The molecule has 0 aliphatic rings. The van der Waals surface area contributed by atoms with Gasteiger partial charge >= 0.3 is 0 Å². The number of nitrogens with one attached hydrogen (secondary N) is 1. The maximum absolute atomic E-state index is 14.0. The molecule has 0 unspecified atom stereocenters. The van der Waals surface area contributed by atoms with Crippen LogP contribution in [0.15, 0.2) is 77.7 Å². The van der Waals surface area contributed by atoms with Crippen LogP contribution in [0.1, 0.15) is 38.8 Å². The first kappa shape index (κ1) is 31.0. The zero-order valence-electron chi connectivity index (χ0n) is 23.6. The standard InChI is InChI=1S/C30H36ClN3O5S/c1-21-26(31)16-11-17-27(21)34(40(37,38)25-14-8-7-9-15-25)20-28(35)33(22(2)29(36)32-30(3,4)5)19-23-12-10-13-24(18-23)39-6/h7-18,22H,19-20H2,1-6H3,(H,32,36)/t22-/m1/s1. The minimum atomic E-state index is -4.17. The average molecular weight is 586 g/mol. The van der Waals surface area contributed by atoms with Crippen LogP contribution in [0, 0.1) is 6.92 Å². The Hall–Kier alpha value is -3.56. The van der Waals surface area contributed by atoms with Crippen molar-refractivity contribution in [1.29, 1.82) is 0 Å². The summed E-state index contributed by atoms with van der Waals surface area (Å²) in [5.41, 5.74) is 0.975. The zero-order chi connectivity index (χ0) is 29.7. The van der Waals surface area contributed by atoms with Gasteiger partial charge in [0.05, 0.1) is 17.7 Å². The lowest BCUT2D eigenvalue weighted by molar-refractivity contribution is -0.140. The van der Waals surface area contributed by atoms with Crippen molar-refractivity contribution in [3.8, 4) is 5.75 Å². The number of methoxy groups -OCH3 is 1. The minimum absolute atomic E-state index is 0.0278. The highest BCUT2D eigenvalue weighted by Gasteiger charge is 2.34. The highest BCUT2D eigenvalue weighted by molar-refractivity contribution is 7.92. The molecule has 0 radical (unpaired) electrons. The fourth-order valence-corrected chi connectivity index (χ4v) is 5.79. The average Bonchev–Trinajstić information content (AvgIpc) is 2.91. The monoisotopic (exact) mass is 585 g/mol. The Kier molecular flexibility index (Phi) is 9.87. The summed E-state index contributed by atoms with van der Waals surface area (Å²) in [6.07, 6.45) is 0. The Balaban J connectivity index is 2.08. The molecule has 3 rings (SSSR count). The van der Waals surface area contributed by atoms with Gasteiger partial charge in [-0.1, -0.05) is 48.0 Å². The molecule has 0 aliphatic carbocycles. The number of nitrogens with zero attached hydrogens (tertiary/aromatic N) is 2. The summed E-state index contributed by atoms with van der Waals surface area (Å²) in [6.45, 7) is 8.38. The van der Waals surface area contributed by atoms with E-state index in [9.17, 15) is 18.0 Å². The van der Waals surface area contributed by atoms with Crippen LogP contribution in [-0.2, 0) is 26.2 Å². The number of carbonyl (C=O) groups excluding carboxylic acids is 2. The Morgan fingerprint density at radius 1 is 1.00 bits per heavy atom. The molecule has 0 saturated carbocycles. The third kappa shape index (κ3) is 7.55. The number of halogens is 1. The summed E-state index contributed by atoms with van der Waals surface area (Å²) < 4.78 is 34.2. The molecule has 0 bridgehead atoms. The number of hydrogen-bond acceptors (Lipinski definition) is 5. The number of benzene rings is 3. The molecule has 10 heteroatoms. The molecule has 40 heavy (non-hydrogen) atoms. The number of rotatable bonds is 10. The summed E-state index contributed by atoms with van der Waals surface area (Å²) in [5.74, 6) is -0.321. The van der Waals surface area contributed by atoms with E-state index < -0.39 is 34.1 Å². The van der Waals surface area contributed by atoms with Crippen LogP contribution in [-0.4, -0.2) is 50.4 Å². The van der Waals surface area contributed by atoms with Crippen molar-refractivity contribution in [2.24, 2.45) is 0 Å². The van der Waals surface area contributed by atoms with Crippen LogP contribution in [0.5, 0.6) is 5.75 Å². The van der Waals surface area contributed by atoms with Crippen LogP contribution in [0.2, 0.25) is 5.02 Å². The van der Waals surface area contributed by atoms with E-state index >= 15 is 0 Å². The van der Waals surface area contributed by atoms with E-state index in [-0.39, 0.29) is 23.0 Å². The van der Waals surface area contributed by atoms with E-state index in [0.29, 0.717) is 16.3 Å². The van der Waals surface area contributed by atoms with Gasteiger partial charge in [0.2, 0.25) is 11.8 Å². The van der Waals surface area contributed by atoms with E-state index in [0.717, 1.165) is 9.87 Å². The van der Waals surface area contributed by atoms with Gasteiger partial charge in [0.1, 0.15) is 18.3 Å². The molecule has 3 aromatic rings. The molecule has 1 N–H and O–H groups in total. The number of amides is 2. The first-order valence-electron chi connectivity index (χ1n) is 12.8. The molecule has 214 valence electrons. The van der Waals surface area contributed by atoms with Gasteiger partial charge in [-0.05, 0) is 82.1 Å². The first-order valence-corrected chi connectivity index (χ1v) is 14.6. The topological polar surface area (TPSA) is 96.0 Å². The molecule has 2 amide bonds. The fourth-order valence-electron chi connectivity index (χ4n) is 4.12. The largest absolute Gasteiger partial charge is 0.497 e. The smallest absolute Gasteiger partial charge is 0.264 e. The lowest BCUT2D eigenvalue weighted by Crippen LogP contribution is -2.54. The van der Waals surface area contributed by atoms with Crippen molar-refractivity contribution in [2.75, 3.05) is 18.0 Å². The van der Waals surface area contributed by atoms with Crippen LogP contribution >= 0.6 is 11.6 Å². The second-order valence-corrected chi connectivity index (χ2v) is 12.8. The number of anilines is 1. The van der Waals surface area contributed by atoms with Gasteiger partial charge in [-0.2, -0.15) is 0 Å². The number of sulfonamides is 1. The molecule has 0 spiro atoms. The molecule has 0 saturated heterocycles. The van der Waals surface area contributed by atoms with Crippen molar-refractivity contribution in [3.05, 3.63) is 88.9 Å². The quantitative estimate of drug-likeness (QED) is 0.353. The lowest BCUT2D eigenvalue weighted by atomic mass is 10.1. The highest BCUT2D eigenvalue weighted by atomic mass is 35.5. The second kappa shape index (κ2) is 12.7. The normalized spacial score (nSPS) is 12.4. The maximum atomic E-state index is 14.0. The molecular weight excluding hydrogens is 550 g/mol. The van der Waals surface area contributed by atoms with Gasteiger partial charge in [-0.25, -0.2) is 8.42 Å². The molecule has 0 aromatic heterocycles. The second-order valence-electron chi connectivity index (χ2n) is 10.5. The summed E-state index contributed by atoms with van der Waals surface area (Å²) in [4.78, 5) is 28.7. The molecule has 0 aliphatic heterocycles. The van der Waals surface area contributed by atoms with E-state index in [1.165, 1.54) is 17.0 Å². The van der Waals surface area contributed by atoms with E-state index in [1.807, 2.05) is 26.8 Å². The Morgan fingerprint density at radius 3 is 2.27 bits per heavy atom. The van der Waals surface area contributed by atoms with Crippen molar-refractivity contribution in [1.82, 2.24) is 10.2 Å². The van der Waals surface area contributed by atoms with Gasteiger partial charge < -0.3 is 15.0 Å². The summed E-state index contributed by atoms with van der Waals surface area (Å²) >= 11 is 6.36. The molecule has 8 nitrogen and oxygen atoms in total. The Labute approximate surface area is 241 Å². The van der Waals surface area contributed by atoms with Crippen molar-refractivity contribution >= 4 is 39.1 Å². The third-order valence-corrected chi connectivity index (χ3v) is 8.45. The fraction of sp³-hybridized carbons (Fsp3) is 0.333. The highest BCUT2D eigenvalue weighted by Crippen LogP contribution is 2.31. The van der Waals surface area contributed by atoms with E-state index in [1.54, 1.807) is 75.6 Å². The van der Waals surface area contributed by atoms with Crippen molar-refractivity contribution < 1.29 is 22.7 Å².